The molecule has 2 heterocycles. The van der Waals surface area contributed by atoms with Crippen LogP contribution in [0.2, 0.25) is 0 Å². The maximum atomic E-state index is 5.80. The van der Waals surface area contributed by atoms with Gasteiger partial charge in [-0.2, -0.15) is 5.10 Å². The lowest BCUT2D eigenvalue weighted by atomic mass is 9.89. The fourth-order valence-electron chi connectivity index (χ4n) is 2.55. The van der Waals surface area contributed by atoms with Gasteiger partial charge in [0.05, 0.1) is 11.2 Å². The number of rotatable bonds is 2. The Morgan fingerprint density at radius 3 is 2.95 bits per heavy atom. The quantitative estimate of drug-likeness (QED) is 0.915. The van der Waals surface area contributed by atoms with Gasteiger partial charge in [-0.3, -0.25) is 4.98 Å². The van der Waals surface area contributed by atoms with Crippen LogP contribution < -0.4 is 5.73 Å². The molecule has 3 rings (SSSR count). The van der Waals surface area contributed by atoms with Gasteiger partial charge in [-0.1, -0.05) is 28.9 Å². The van der Waals surface area contributed by atoms with E-state index in [9.17, 15) is 0 Å². The fourth-order valence-corrected chi connectivity index (χ4v) is 3.00. The predicted octanol–water partition coefficient (Wildman–Crippen LogP) is 3.49. The summed E-state index contributed by atoms with van der Waals surface area (Å²) in [6.45, 7) is 2.15. The smallest absolute Gasteiger partial charge is 0.123 e. The molecule has 0 bridgehead atoms. The topological polar surface area (TPSA) is 63.6 Å². The van der Waals surface area contributed by atoms with Crippen LogP contribution in [-0.2, 0) is 0 Å². The summed E-state index contributed by atoms with van der Waals surface area (Å²) in [4.78, 5) is 4.51. The molecular formula is C15H15BrN4. The van der Waals surface area contributed by atoms with Crippen molar-refractivity contribution >= 4 is 38.4 Å². The highest BCUT2D eigenvalue weighted by Crippen LogP contribution is 2.29. The van der Waals surface area contributed by atoms with Gasteiger partial charge in [0.15, 0.2) is 0 Å². The predicted molar refractivity (Wildman–Crippen MR) is 86.0 cm³/mol. The summed E-state index contributed by atoms with van der Waals surface area (Å²) in [5.41, 5.74) is 8.78. The van der Waals surface area contributed by atoms with Gasteiger partial charge in [-0.25, -0.2) is 0 Å². The van der Waals surface area contributed by atoms with E-state index in [1.54, 1.807) is 6.20 Å². The Kier molecular flexibility index (Phi) is 3.53. The molecule has 2 N–H and O–H groups in total. The van der Waals surface area contributed by atoms with Crippen molar-refractivity contribution in [3.63, 3.8) is 0 Å². The maximum absolute atomic E-state index is 5.80. The van der Waals surface area contributed by atoms with Crippen LogP contribution >= 0.6 is 15.9 Å². The van der Waals surface area contributed by atoms with E-state index in [1.165, 1.54) is 0 Å². The summed E-state index contributed by atoms with van der Waals surface area (Å²) < 4.78 is 1.04. The second-order valence-corrected chi connectivity index (χ2v) is 5.73. The van der Waals surface area contributed by atoms with Crippen LogP contribution in [0, 0.1) is 5.92 Å². The molecule has 4 nitrogen and oxygen atoms in total. The van der Waals surface area contributed by atoms with Crippen LogP contribution in [0.3, 0.4) is 0 Å². The third-order valence-electron chi connectivity index (χ3n) is 3.61. The number of fused-ring (bicyclic) bond motifs is 1. The molecule has 0 radical (unpaired) electrons. The van der Waals surface area contributed by atoms with Gasteiger partial charge in [0.25, 0.3) is 0 Å². The second-order valence-electron chi connectivity index (χ2n) is 4.88. The third kappa shape index (κ3) is 2.22. The average molecular weight is 331 g/mol. The first kappa shape index (κ1) is 13.2. The summed E-state index contributed by atoms with van der Waals surface area (Å²) in [6, 6.07) is 8.08. The number of aromatic nitrogens is 1. The number of nitrogens with two attached hydrogens (primary N) is 1. The molecule has 0 fully saturated rings. The number of nitrogens with zero attached hydrogens (tertiary/aromatic N) is 3. The molecule has 2 aromatic rings. The third-order valence-corrected chi connectivity index (χ3v) is 4.31. The number of benzene rings is 1. The van der Waals surface area contributed by atoms with Crippen LogP contribution in [0.4, 0.5) is 0 Å². The van der Waals surface area contributed by atoms with Gasteiger partial charge in [0.2, 0.25) is 0 Å². The van der Waals surface area contributed by atoms with Crippen LogP contribution in [0.15, 0.2) is 45.1 Å². The molecule has 102 valence electrons. The van der Waals surface area contributed by atoms with Gasteiger partial charge >= 0.3 is 0 Å². The molecule has 1 aliphatic rings. The molecule has 0 amide bonds. The largest absolute Gasteiger partial charge is 0.386 e. The Labute approximate surface area is 125 Å². The molecule has 0 aliphatic carbocycles. The van der Waals surface area contributed by atoms with Gasteiger partial charge in [0.1, 0.15) is 5.84 Å². The van der Waals surface area contributed by atoms with Gasteiger partial charge in [-0.05, 0) is 24.6 Å². The molecule has 5 heteroatoms. The normalized spacial score (nSPS) is 18.8. The Hall–Kier alpha value is -1.75. The lowest BCUT2D eigenvalue weighted by Crippen LogP contribution is -2.27. The molecule has 1 aromatic heterocycles. The van der Waals surface area contributed by atoms with E-state index < -0.39 is 0 Å². The summed E-state index contributed by atoms with van der Waals surface area (Å²) >= 11 is 3.57. The van der Waals surface area contributed by atoms with E-state index in [2.05, 4.69) is 50.2 Å². The lowest BCUT2D eigenvalue weighted by molar-refractivity contribution is 0.677. The standard InChI is InChI=1S/C15H15BrN4/c1-2-9-8-13(17)19-20-14(9)11-5-6-12(16)10-4-3-7-18-15(10)11/h3-7,9H,2,8H2,1H3,(H2,17,19). The summed E-state index contributed by atoms with van der Waals surface area (Å²) in [7, 11) is 0. The van der Waals surface area contributed by atoms with Gasteiger partial charge < -0.3 is 5.73 Å². The van der Waals surface area contributed by atoms with Crippen molar-refractivity contribution < 1.29 is 0 Å². The highest BCUT2D eigenvalue weighted by Gasteiger charge is 2.23. The molecule has 1 aromatic carbocycles. The molecule has 1 atom stereocenters. The van der Waals surface area contributed by atoms with Crippen molar-refractivity contribution in [1.29, 1.82) is 0 Å². The number of hydrogen-bond acceptors (Lipinski definition) is 4. The van der Waals surface area contributed by atoms with Crippen molar-refractivity contribution in [2.45, 2.75) is 19.8 Å². The Morgan fingerprint density at radius 2 is 2.15 bits per heavy atom. The zero-order valence-electron chi connectivity index (χ0n) is 11.2. The van der Waals surface area contributed by atoms with E-state index in [-0.39, 0.29) is 0 Å². The molecule has 20 heavy (non-hydrogen) atoms. The summed E-state index contributed by atoms with van der Waals surface area (Å²) in [5.74, 6) is 0.911. The zero-order chi connectivity index (χ0) is 14.1. The van der Waals surface area contributed by atoms with Crippen molar-refractivity contribution in [2.75, 3.05) is 0 Å². The monoisotopic (exact) mass is 330 g/mol. The zero-order valence-corrected chi connectivity index (χ0v) is 12.8. The molecule has 0 spiro atoms. The average Bonchev–Trinajstić information content (AvgIpc) is 2.48. The number of halogens is 1. The highest BCUT2D eigenvalue weighted by molar-refractivity contribution is 9.10. The van der Waals surface area contributed by atoms with Crippen LogP contribution in [-0.4, -0.2) is 16.5 Å². The second kappa shape index (κ2) is 5.32. The minimum atomic E-state index is 0.305. The first-order valence-corrected chi connectivity index (χ1v) is 7.43. The summed E-state index contributed by atoms with van der Waals surface area (Å²) in [5, 5.41) is 9.48. The van der Waals surface area contributed by atoms with E-state index in [0.717, 1.165) is 39.5 Å². The molecule has 1 unspecified atom stereocenters. The van der Waals surface area contributed by atoms with E-state index in [1.807, 2.05) is 12.1 Å². The number of hydrogen-bond donors (Lipinski definition) is 1. The van der Waals surface area contributed by atoms with Crippen molar-refractivity contribution in [1.82, 2.24) is 4.98 Å². The highest BCUT2D eigenvalue weighted by atomic mass is 79.9. The van der Waals surface area contributed by atoms with Gasteiger partial charge in [-0.15, -0.1) is 5.10 Å². The molecule has 0 saturated carbocycles. The van der Waals surface area contributed by atoms with Gasteiger partial charge in [0, 0.05) is 34.0 Å². The van der Waals surface area contributed by atoms with Crippen molar-refractivity contribution in [2.24, 2.45) is 21.9 Å². The SMILES string of the molecule is CCC1CC(N)=NN=C1c1ccc(Br)c2cccnc12. The lowest BCUT2D eigenvalue weighted by Gasteiger charge is -2.20. The van der Waals surface area contributed by atoms with E-state index >= 15 is 0 Å². The fraction of sp³-hybridized carbons (Fsp3) is 0.267. The number of pyridine rings is 1. The molecule has 0 saturated heterocycles. The first-order valence-electron chi connectivity index (χ1n) is 6.64. The first-order chi connectivity index (χ1) is 9.70. The van der Waals surface area contributed by atoms with E-state index in [0.29, 0.717) is 11.8 Å². The Bertz CT molecular complexity index is 721. The molecule has 1 aliphatic heterocycles. The van der Waals surface area contributed by atoms with Crippen LogP contribution in [0.1, 0.15) is 25.3 Å². The Morgan fingerprint density at radius 1 is 1.30 bits per heavy atom. The minimum absolute atomic E-state index is 0.305. The van der Waals surface area contributed by atoms with Crippen LogP contribution in [0.25, 0.3) is 10.9 Å². The van der Waals surface area contributed by atoms with Crippen molar-refractivity contribution in [3.8, 4) is 0 Å². The van der Waals surface area contributed by atoms with Crippen LogP contribution in [0.5, 0.6) is 0 Å². The Balaban J connectivity index is 2.22. The maximum Gasteiger partial charge on any atom is 0.123 e. The van der Waals surface area contributed by atoms with Crippen molar-refractivity contribution in [3.05, 3.63) is 40.5 Å². The minimum Gasteiger partial charge on any atom is -0.386 e. The molecular weight excluding hydrogens is 316 g/mol. The number of amidine groups is 1. The van der Waals surface area contributed by atoms with E-state index in [4.69, 9.17) is 5.73 Å². The summed E-state index contributed by atoms with van der Waals surface area (Å²) in [6.07, 6.45) is 3.55.